The lowest BCUT2D eigenvalue weighted by Crippen LogP contribution is -2.40. The minimum atomic E-state index is -1.06. The highest BCUT2D eigenvalue weighted by atomic mass is 16.6. The normalized spacial score (nSPS) is 18.3. The number of amides is 2. The summed E-state index contributed by atoms with van der Waals surface area (Å²) in [6.07, 6.45) is 0.802. The molecule has 1 fully saturated rings. The van der Waals surface area contributed by atoms with Crippen molar-refractivity contribution in [3.05, 3.63) is 23.5 Å². The van der Waals surface area contributed by atoms with E-state index in [0.29, 0.717) is 19.0 Å². The van der Waals surface area contributed by atoms with Gasteiger partial charge in [0.15, 0.2) is 0 Å². The van der Waals surface area contributed by atoms with Crippen LogP contribution in [0.1, 0.15) is 30.1 Å². The zero-order chi connectivity index (χ0) is 12.7. The zero-order valence-corrected chi connectivity index (χ0v) is 9.96. The first-order chi connectivity index (χ1) is 8.65. The van der Waals surface area contributed by atoms with Gasteiger partial charge in [0.05, 0.1) is 6.54 Å². The zero-order valence-electron chi connectivity index (χ0n) is 9.96. The van der Waals surface area contributed by atoms with Crippen LogP contribution in [0.2, 0.25) is 0 Å². The predicted molar refractivity (Wildman–Crippen MR) is 62.9 cm³/mol. The second kappa shape index (κ2) is 4.04. The third-order valence-corrected chi connectivity index (χ3v) is 3.49. The average Bonchev–Trinajstić information content (AvgIpc) is 3.08. The molecule has 1 aliphatic carbocycles. The number of rotatable bonds is 1. The molecule has 2 heterocycles. The van der Waals surface area contributed by atoms with E-state index in [1.807, 2.05) is 6.07 Å². The van der Waals surface area contributed by atoms with Gasteiger partial charge in [-0.25, -0.2) is 9.59 Å². The van der Waals surface area contributed by atoms with Gasteiger partial charge in [0.1, 0.15) is 0 Å². The molecule has 0 spiro atoms. The van der Waals surface area contributed by atoms with Gasteiger partial charge >= 0.3 is 12.2 Å². The molecular weight excluding hydrogens is 234 g/mol. The molecule has 0 bridgehead atoms. The summed E-state index contributed by atoms with van der Waals surface area (Å²) in [5.41, 5.74) is 7.29. The Bertz CT molecular complexity index is 505. The maximum atomic E-state index is 11.6. The van der Waals surface area contributed by atoms with Crippen molar-refractivity contribution in [1.82, 2.24) is 9.47 Å². The molecule has 96 valence electrons. The van der Waals surface area contributed by atoms with Crippen LogP contribution in [-0.2, 0) is 17.8 Å². The molecular formula is C12H15N3O3. The van der Waals surface area contributed by atoms with Gasteiger partial charge in [-0.1, -0.05) is 0 Å². The summed E-state index contributed by atoms with van der Waals surface area (Å²) < 4.78 is 6.66. The summed E-state index contributed by atoms with van der Waals surface area (Å²) in [5.74, 6) is 0.697. The Hall–Kier alpha value is -1.98. The summed E-state index contributed by atoms with van der Waals surface area (Å²) in [6.45, 7) is 1.77. The number of nitrogens with zero attached hydrogens (tertiary/aromatic N) is 2. The van der Waals surface area contributed by atoms with Crippen LogP contribution in [0.15, 0.2) is 12.1 Å². The Morgan fingerprint density at radius 3 is 2.72 bits per heavy atom. The van der Waals surface area contributed by atoms with Crippen molar-refractivity contribution in [2.24, 2.45) is 5.73 Å². The Kier molecular flexibility index (Phi) is 2.50. The second-order valence-corrected chi connectivity index (χ2v) is 4.78. The molecule has 0 radical (unpaired) electrons. The number of aromatic nitrogens is 1. The molecule has 0 atom stereocenters. The van der Waals surface area contributed by atoms with Crippen LogP contribution in [0.25, 0.3) is 0 Å². The van der Waals surface area contributed by atoms with E-state index in [1.165, 1.54) is 23.4 Å². The van der Waals surface area contributed by atoms with Crippen molar-refractivity contribution in [2.75, 3.05) is 6.54 Å². The molecule has 1 aliphatic heterocycles. The average molecular weight is 249 g/mol. The maximum absolute atomic E-state index is 11.6. The number of carbonyl (C=O) groups is 2. The van der Waals surface area contributed by atoms with Gasteiger partial charge < -0.3 is 19.9 Å². The number of primary amides is 1. The van der Waals surface area contributed by atoms with Crippen LogP contribution in [0.5, 0.6) is 0 Å². The fraction of sp³-hybridized carbons (Fsp3) is 0.500. The smallest absolute Gasteiger partial charge is 0.359 e. The number of hydrogen-bond acceptors (Lipinski definition) is 3. The Labute approximate surface area is 104 Å². The number of carbonyl (C=O) groups excluding carboxylic acids is 2. The van der Waals surface area contributed by atoms with Gasteiger partial charge in [-0.2, -0.15) is 0 Å². The van der Waals surface area contributed by atoms with Crippen molar-refractivity contribution < 1.29 is 14.3 Å². The molecule has 1 aromatic rings. The van der Waals surface area contributed by atoms with Gasteiger partial charge in [0.25, 0.3) is 0 Å². The van der Waals surface area contributed by atoms with Crippen LogP contribution in [0.4, 0.5) is 9.59 Å². The van der Waals surface area contributed by atoms with E-state index >= 15 is 0 Å². The Balaban J connectivity index is 1.73. The van der Waals surface area contributed by atoms with Crippen LogP contribution >= 0.6 is 0 Å². The van der Waals surface area contributed by atoms with Gasteiger partial charge in [-0.3, -0.25) is 0 Å². The molecule has 2 amide bonds. The molecule has 1 saturated carbocycles. The predicted octanol–water partition coefficient (Wildman–Crippen LogP) is 1.40. The first kappa shape index (κ1) is 11.1. The highest BCUT2D eigenvalue weighted by Crippen LogP contribution is 2.41. The molecule has 6 heteroatoms. The second-order valence-electron chi connectivity index (χ2n) is 4.78. The molecule has 18 heavy (non-hydrogen) atoms. The largest absolute Gasteiger partial charge is 0.419 e. The molecule has 2 aliphatic rings. The van der Waals surface area contributed by atoms with Gasteiger partial charge in [0, 0.05) is 24.5 Å². The lowest BCUT2D eigenvalue weighted by atomic mass is 10.3. The van der Waals surface area contributed by atoms with E-state index in [4.69, 9.17) is 5.73 Å². The van der Waals surface area contributed by atoms with E-state index in [0.717, 1.165) is 12.2 Å². The number of nitrogens with two attached hydrogens (primary N) is 1. The Morgan fingerprint density at radius 1 is 1.28 bits per heavy atom. The van der Waals surface area contributed by atoms with Crippen molar-refractivity contribution >= 4 is 12.2 Å². The van der Waals surface area contributed by atoms with E-state index < -0.39 is 12.2 Å². The van der Waals surface area contributed by atoms with Crippen molar-refractivity contribution in [3.8, 4) is 0 Å². The first-order valence-corrected chi connectivity index (χ1v) is 6.09. The summed E-state index contributed by atoms with van der Waals surface area (Å²) in [4.78, 5) is 23.6. The minimum absolute atomic E-state index is 0.471. The SMILES string of the molecule is NC(=O)OC(=O)N1CCn2c(ccc2C2CC2)C1. The summed E-state index contributed by atoms with van der Waals surface area (Å²) in [7, 11) is 0. The summed E-state index contributed by atoms with van der Waals surface area (Å²) in [6, 6.07) is 4.17. The van der Waals surface area contributed by atoms with Crippen LogP contribution in [0, 0.1) is 0 Å². The lowest BCUT2D eigenvalue weighted by molar-refractivity contribution is 0.112. The Morgan fingerprint density at radius 2 is 2.06 bits per heavy atom. The quantitative estimate of drug-likeness (QED) is 0.764. The van der Waals surface area contributed by atoms with Crippen molar-refractivity contribution in [2.45, 2.75) is 31.8 Å². The van der Waals surface area contributed by atoms with Crippen LogP contribution in [-0.4, -0.2) is 28.2 Å². The van der Waals surface area contributed by atoms with Gasteiger partial charge in [-0.15, -0.1) is 0 Å². The summed E-state index contributed by atoms with van der Waals surface area (Å²) in [5, 5.41) is 0. The van der Waals surface area contributed by atoms with Crippen molar-refractivity contribution in [3.63, 3.8) is 0 Å². The number of hydrogen-bond donors (Lipinski definition) is 1. The van der Waals surface area contributed by atoms with Crippen molar-refractivity contribution in [1.29, 1.82) is 0 Å². The first-order valence-electron chi connectivity index (χ1n) is 6.09. The monoisotopic (exact) mass is 249 g/mol. The molecule has 0 aromatic carbocycles. The summed E-state index contributed by atoms with van der Waals surface area (Å²) >= 11 is 0. The van der Waals surface area contributed by atoms with E-state index in [2.05, 4.69) is 15.4 Å². The molecule has 2 N–H and O–H groups in total. The number of ether oxygens (including phenoxy) is 1. The topological polar surface area (TPSA) is 77.6 Å². The molecule has 0 unspecified atom stereocenters. The minimum Gasteiger partial charge on any atom is -0.359 e. The number of fused-ring (bicyclic) bond motifs is 1. The van der Waals surface area contributed by atoms with E-state index in [-0.39, 0.29) is 0 Å². The van der Waals surface area contributed by atoms with Crippen LogP contribution < -0.4 is 5.73 Å². The fourth-order valence-electron chi connectivity index (χ4n) is 2.48. The molecule has 1 aromatic heterocycles. The lowest BCUT2D eigenvalue weighted by Gasteiger charge is -2.28. The van der Waals surface area contributed by atoms with E-state index in [9.17, 15) is 9.59 Å². The molecule has 6 nitrogen and oxygen atoms in total. The fourth-order valence-corrected chi connectivity index (χ4v) is 2.48. The molecule has 0 saturated heterocycles. The van der Waals surface area contributed by atoms with E-state index in [1.54, 1.807) is 0 Å². The highest BCUT2D eigenvalue weighted by Gasteiger charge is 2.30. The maximum Gasteiger partial charge on any atom is 0.419 e. The third kappa shape index (κ3) is 1.94. The highest BCUT2D eigenvalue weighted by molar-refractivity contribution is 5.82. The van der Waals surface area contributed by atoms with Gasteiger partial charge in [-0.05, 0) is 30.9 Å². The van der Waals surface area contributed by atoms with Crippen LogP contribution in [0.3, 0.4) is 0 Å². The third-order valence-electron chi connectivity index (χ3n) is 3.49. The van der Waals surface area contributed by atoms with Gasteiger partial charge in [0.2, 0.25) is 0 Å². The standard InChI is InChI=1S/C12H15N3O3/c13-11(16)18-12(17)14-5-6-15-9(7-14)3-4-10(15)8-1-2-8/h3-4,8H,1-2,5-7H2,(H2,13,16). The molecule has 3 rings (SSSR count).